The van der Waals surface area contributed by atoms with Crippen LogP contribution in [0.4, 0.5) is 0 Å². The van der Waals surface area contributed by atoms with Gasteiger partial charge in [-0.05, 0) is 43.7 Å². The third kappa shape index (κ3) is 2.96. The third-order valence-electron chi connectivity index (χ3n) is 3.31. The highest BCUT2D eigenvalue weighted by Gasteiger charge is 2.21. The molecule has 0 aliphatic carbocycles. The fourth-order valence-electron chi connectivity index (χ4n) is 2.51. The van der Waals surface area contributed by atoms with Crippen LogP contribution in [-0.2, 0) is 0 Å². The number of aryl methyl sites for hydroxylation is 2. The van der Waals surface area contributed by atoms with Gasteiger partial charge in [-0.1, -0.05) is 13.0 Å². The Labute approximate surface area is 120 Å². The molecule has 1 aromatic carbocycles. The lowest BCUT2D eigenvalue weighted by molar-refractivity contribution is 0.402. The molecule has 0 aliphatic heterocycles. The second kappa shape index (κ2) is 6.48. The van der Waals surface area contributed by atoms with Gasteiger partial charge < -0.3 is 10.1 Å². The van der Waals surface area contributed by atoms with Gasteiger partial charge in [0.25, 0.3) is 0 Å². The lowest BCUT2D eigenvalue weighted by Gasteiger charge is -2.22. The number of benzene rings is 1. The highest BCUT2D eigenvalue weighted by Crippen LogP contribution is 2.33. The van der Waals surface area contributed by atoms with Gasteiger partial charge in [0.2, 0.25) is 0 Å². The highest BCUT2D eigenvalue weighted by molar-refractivity contribution is 5.47. The first-order chi connectivity index (χ1) is 9.67. The monoisotopic (exact) mass is 271 g/mol. The predicted molar refractivity (Wildman–Crippen MR) is 80.0 cm³/mol. The fraction of sp³-hybridized carbons (Fsp3) is 0.375. The minimum absolute atomic E-state index is 0.0125. The van der Waals surface area contributed by atoms with Crippen molar-refractivity contribution >= 4 is 0 Å². The van der Waals surface area contributed by atoms with E-state index in [1.165, 1.54) is 11.1 Å². The average Bonchev–Trinajstić information content (AvgIpc) is 2.45. The van der Waals surface area contributed by atoms with Crippen molar-refractivity contribution in [3.63, 3.8) is 0 Å². The largest absolute Gasteiger partial charge is 0.496 e. The molecule has 4 heteroatoms. The second-order valence-corrected chi connectivity index (χ2v) is 4.82. The summed E-state index contributed by atoms with van der Waals surface area (Å²) >= 11 is 0. The van der Waals surface area contributed by atoms with E-state index < -0.39 is 0 Å². The summed E-state index contributed by atoms with van der Waals surface area (Å²) in [5, 5.41) is 3.48. The van der Waals surface area contributed by atoms with E-state index in [0.717, 1.165) is 23.6 Å². The number of aromatic nitrogens is 2. The quantitative estimate of drug-likeness (QED) is 0.908. The van der Waals surface area contributed by atoms with Crippen LogP contribution in [0.2, 0.25) is 0 Å². The number of nitrogens with zero attached hydrogens (tertiary/aromatic N) is 2. The molecule has 0 radical (unpaired) electrons. The summed E-state index contributed by atoms with van der Waals surface area (Å²) in [5.74, 6) is 0.895. The van der Waals surface area contributed by atoms with Crippen molar-refractivity contribution in [3.05, 3.63) is 53.1 Å². The van der Waals surface area contributed by atoms with E-state index in [9.17, 15) is 0 Å². The molecule has 0 spiro atoms. The van der Waals surface area contributed by atoms with Crippen LogP contribution in [-0.4, -0.2) is 23.6 Å². The Morgan fingerprint density at radius 1 is 1.30 bits per heavy atom. The Balaban J connectivity index is 2.55. The Kier molecular flexibility index (Phi) is 4.69. The molecule has 1 aromatic heterocycles. The highest BCUT2D eigenvalue weighted by atomic mass is 16.5. The topological polar surface area (TPSA) is 47.0 Å². The van der Waals surface area contributed by atoms with E-state index in [1.54, 1.807) is 19.6 Å². The van der Waals surface area contributed by atoms with Crippen LogP contribution < -0.4 is 10.1 Å². The van der Waals surface area contributed by atoms with Crippen molar-refractivity contribution in [2.75, 3.05) is 13.7 Å². The molecule has 20 heavy (non-hydrogen) atoms. The van der Waals surface area contributed by atoms with Crippen LogP contribution in [0.1, 0.15) is 35.3 Å². The van der Waals surface area contributed by atoms with Crippen LogP contribution in [0, 0.1) is 13.8 Å². The average molecular weight is 271 g/mol. The molecule has 106 valence electrons. The molecule has 0 amide bonds. The summed E-state index contributed by atoms with van der Waals surface area (Å²) in [6.45, 7) is 7.12. The van der Waals surface area contributed by atoms with E-state index in [0.29, 0.717) is 0 Å². The molecular formula is C16H21N3O. The van der Waals surface area contributed by atoms with Crippen LogP contribution in [0.3, 0.4) is 0 Å². The van der Waals surface area contributed by atoms with E-state index in [-0.39, 0.29) is 6.04 Å². The van der Waals surface area contributed by atoms with Crippen molar-refractivity contribution in [1.29, 1.82) is 0 Å². The van der Waals surface area contributed by atoms with Gasteiger partial charge in [-0.3, -0.25) is 0 Å². The minimum Gasteiger partial charge on any atom is -0.496 e. The van der Waals surface area contributed by atoms with E-state index in [2.05, 4.69) is 48.2 Å². The maximum atomic E-state index is 5.57. The summed E-state index contributed by atoms with van der Waals surface area (Å²) in [6.07, 6.45) is 3.35. The van der Waals surface area contributed by atoms with Gasteiger partial charge >= 0.3 is 0 Å². The molecule has 1 N–H and O–H groups in total. The van der Waals surface area contributed by atoms with Gasteiger partial charge in [0.15, 0.2) is 0 Å². The summed E-state index contributed by atoms with van der Waals surface area (Å²) in [7, 11) is 1.71. The molecule has 0 aliphatic rings. The van der Waals surface area contributed by atoms with Crippen molar-refractivity contribution in [2.45, 2.75) is 26.8 Å². The van der Waals surface area contributed by atoms with Gasteiger partial charge in [-0.2, -0.15) is 0 Å². The van der Waals surface area contributed by atoms with Crippen LogP contribution in [0.15, 0.2) is 30.7 Å². The number of hydrogen-bond donors (Lipinski definition) is 1. The third-order valence-corrected chi connectivity index (χ3v) is 3.31. The Morgan fingerprint density at radius 3 is 2.70 bits per heavy atom. The minimum atomic E-state index is 0.0125. The van der Waals surface area contributed by atoms with Crippen LogP contribution >= 0.6 is 0 Å². The molecule has 1 atom stereocenters. The van der Waals surface area contributed by atoms with E-state index in [1.807, 2.05) is 6.07 Å². The standard InChI is InChI=1S/C16H21N3O/c1-5-18-16(13-6-7-17-10-19-13)15-12(3)8-11(2)9-14(15)20-4/h6-10,16,18H,5H2,1-4H3. The summed E-state index contributed by atoms with van der Waals surface area (Å²) in [6, 6.07) is 6.18. The summed E-state index contributed by atoms with van der Waals surface area (Å²) < 4.78 is 5.57. The lowest BCUT2D eigenvalue weighted by Crippen LogP contribution is -2.24. The molecular weight excluding hydrogens is 250 g/mol. The zero-order valence-electron chi connectivity index (χ0n) is 12.5. The van der Waals surface area contributed by atoms with Crippen LogP contribution in [0.25, 0.3) is 0 Å². The Morgan fingerprint density at radius 2 is 2.10 bits per heavy atom. The number of methoxy groups -OCH3 is 1. The number of hydrogen-bond acceptors (Lipinski definition) is 4. The SMILES string of the molecule is CCNC(c1ccncn1)c1c(C)cc(C)cc1OC. The molecule has 0 fully saturated rings. The zero-order valence-corrected chi connectivity index (χ0v) is 12.5. The molecule has 4 nitrogen and oxygen atoms in total. The Hall–Kier alpha value is -1.94. The second-order valence-electron chi connectivity index (χ2n) is 4.82. The van der Waals surface area contributed by atoms with Crippen molar-refractivity contribution in [1.82, 2.24) is 15.3 Å². The lowest BCUT2D eigenvalue weighted by atomic mass is 9.95. The molecule has 1 heterocycles. The molecule has 1 unspecified atom stereocenters. The molecule has 0 bridgehead atoms. The number of ether oxygens (including phenoxy) is 1. The first kappa shape index (κ1) is 14.5. The Bertz CT molecular complexity index is 569. The van der Waals surface area contributed by atoms with E-state index in [4.69, 9.17) is 4.74 Å². The van der Waals surface area contributed by atoms with Crippen LogP contribution in [0.5, 0.6) is 5.75 Å². The predicted octanol–water partition coefficient (Wildman–Crippen LogP) is 2.80. The normalized spacial score (nSPS) is 12.2. The van der Waals surface area contributed by atoms with Gasteiger partial charge in [-0.25, -0.2) is 9.97 Å². The maximum absolute atomic E-state index is 5.57. The van der Waals surface area contributed by atoms with Crippen molar-refractivity contribution in [3.8, 4) is 5.75 Å². The first-order valence-electron chi connectivity index (χ1n) is 6.81. The molecule has 0 saturated heterocycles. The van der Waals surface area contributed by atoms with Crippen molar-refractivity contribution < 1.29 is 4.74 Å². The first-order valence-corrected chi connectivity index (χ1v) is 6.81. The smallest absolute Gasteiger partial charge is 0.124 e. The van der Waals surface area contributed by atoms with Gasteiger partial charge in [0.1, 0.15) is 12.1 Å². The van der Waals surface area contributed by atoms with E-state index >= 15 is 0 Å². The molecule has 2 aromatic rings. The fourth-order valence-corrected chi connectivity index (χ4v) is 2.51. The molecule has 2 rings (SSSR count). The zero-order chi connectivity index (χ0) is 14.5. The summed E-state index contributed by atoms with van der Waals surface area (Å²) in [5.41, 5.74) is 4.48. The van der Waals surface area contributed by atoms with Gasteiger partial charge in [0.05, 0.1) is 18.8 Å². The van der Waals surface area contributed by atoms with Gasteiger partial charge in [0, 0.05) is 11.8 Å². The number of rotatable bonds is 5. The van der Waals surface area contributed by atoms with Gasteiger partial charge in [-0.15, -0.1) is 0 Å². The molecule has 0 saturated carbocycles. The maximum Gasteiger partial charge on any atom is 0.124 e. The number of nitrogens with one attached hydrogen (secondary N) is 1. The van der Waals surface area contributed by atoms with Crippen molar-refractivity contribution in [2.24, 2.45) is 0 Å². The summed E-state index contributed by atoms with van der Waals surface area (Å²) in [4.78, 5) is 8.37.